The smallest absolute Gasteiger partial charge is 0.255 e. The van der Waals surface area contributed by atoms with Crippen LogP contribution in [0.5, 0.6) is 0 Å². The van der Waals surface area contributed by atoms with Gasteiger partial charge in [-0.3, -0.25) is 19.2 Å². The largest absolute Gasteiger partial charge is 0.354 e. The third-order valence-corrected chi connectivity index (χ3v) is 18.2. The van der Waals surface area contributed by atoms with Gasteiger partial charge in [-0.15, -0.1) is 0 Å². The summed E-state index contributed by atoms with van der Waals surface area (Å²) in [7, 11) is 0. The van der Waals surface area contributed by atoms with E-state index in [1.165, 1.54) is 0 Å². The lowest BCUT2D eigenvalue weighted by atomic mass is 9.78. The zero-order valence-corrected chi connectivity index (χ0v) is 51.8. The predicted molar refractivity (Wildman–Crippen MR) is 369 cm³/mol. The second kappa shape index (κ2) is 23.2. The minimum absolute atomic E-state index is 0.252. The van der Waals surface area contributed by atoms with E-state index in [1.807, 2.05) is 200 Å². The van der Waals surface area contributed by atoms with Gasteiger partial charge in [0.25, 0.3) is 23.6 Å². The topological polar surface area (TPSA) is 180 Å². The van der Waals surface area contributed by atoms with Gasteiger partial charge < -0.3 is 41.2 Å². The molecular weight excluding hydrogens is 1150 g/mol. The van der Waals surface area contributed by atoms with Gasteiger partial charge in [0.1, 0.15) is 0 Å². The SMILES string of the molecule is CC1(C)Cc2cccc(c2)C(=O)Nc2ccccc2C2=c3ccc([nH]3)=C(c3ccc([nH]3)C3=c4ccc([nH]4)=C(c4ccc2[nH]4)c2ccccc2NC(=O)c2cccc(c2)CC(C)(C)c2cccc(c2)C(=O)Nc2ccccc23)c2ccccc2NC(=O)c2cccc(c2)C1. The van der Waals surface area contributed by atoms with Crippen molar-refractivity contribution in [3.63, 3.8) is 0 Å². The third kappa shape index (κ3) is 11.2. The number of amides is 4. The standard InChI is InChI=1S/C81H66N8O4/c1-80(2)45-48-17-13-20-51(41-48)76(90)86-60-29-9-5-25-56(60)72-64-33-34-66(82-64)73(57-26-6-10-30-61(57)87-77(91)52-21-14-18-49(42-52)46-80)67-37-39-70(84-67)75-59-28-8-12-32-63(59)89-79(93)54-23-16-24-55(44-54)81(3,4)47-50-19-15-22-53(43-50)78(92)88-62-31-11-7-27-58(62)74(68-36-35-65(72)83-68)69-38-40-71(75)85-69/h5-44,82-85H,45-47H2,1-4H3,(H,86,90)(H,87,91)(H,88,92)(H,89,93). The number of benzene rings is 8. The molecule has 0 spiro atoms. The Kier molecular flexibility index (Phi) is 14.4. The number of hydrogen-bond donors (Lipinski definition) is 8. The second-order valence-corrected chi connectivity index (χ2v) is 25.9. The summed E-state index contributed by atoms with van der Waals surface area (Å²) in [6, 6.07) is 79.0. The fraction of sp³-hybridized carbons (Fsp3) is 0.111. The molecular formula is C81H66N8O4. The maximum absolute atomic E-state index is 14.9. The van der Waals surface area contributed by atoms with Crippen LogP contribution in [0.1, 0.15) is 136 Å². The quantitative estimate of drug-likeness (QED) is 0.0754. The molecule has 0 atom stereocenters. The number of nitrogens with one attached hydrogen (secondary N) is 8. The van der Waals surface area contributed by atoms with E-state index in [-0.39, 0.29) is 29.0 Å². The van der Waals surface area contributed by atoms with Gasteiger partial charge in [-0.05, 0) is 174 Å². The van der Waals surface area contributed by atoms with Gasteiger partial charge in [0.05, 0.1) is 0 Å². The summed E-state index contributed by atoms with van der Waals surface area (Å²) in [6.07, 6.45) is 1.95. The van der Waals surface area contributed by atoms with Crippen LogP contribution < -0.4 is 42.7 Å². The monoisotopic (exact) mass is 1210 g/mol. The molecule has 8 aromatic carbocycles. The van der Waals surface area contributed by atoms with Crippen molar-refractivity contribution >= 4 is 68.7 Å². The van der Waals surface area contributed by atoms with Gasteiger partial charge in [-0.25, -0.2) is 0 Å². The first-order valence-corrected chi connectivity index (χ1v) is 31.4. The molecule has 12 nitrogen and oxygen atoms in total. The molecule has 0 saturated carbocycles. The summed E-state index contributed by atoms with van der Waals surface area (Å²) >= 11 is 0. The van der Waals surface area contributed by atoms with Gasteiger partial charge in [-0.1, -0.05) is 149 Å². The van der Waals surface area contributed by atoms with Crippen LogP contribution in [0.15, 0.2) is 243 Å². The Labute approximate surface area is 537 Å². The highest BCUT2D eigenvalue weighted by atomic mass is 16.2. The highest BCUT2D eigenvalue weighted by Crippen LogP contribution is 2.37. The zero-order valence-electron chi connectivity index (χ0n) is 51.8. The summed E-state index contributed by atoms with van der Waals surface area (Å²) in [5, 5.41) is 16.3. The predicted octanol–water partition coefficient (Wildman–Crippen LogP) is 13.3. The highest BCUT2D eigenvalue weighted by molar-refractivity contribution is 6.09. The molecule has 15 rings (SSSR count). The Morgan fingerprint density at radius 1 is 0.280 bits per heavy atom. The molecule has 4 amide bonds. The summed E-state index contributed by atoms with van der Waals surface area (Å²) in [5.74, 6) is -1.06. The maximum atomic E-state index is 14.9. The number of hydrogen-bond acceptors (Lipinski definition) is 4. The molecule has 0 unspecified atom stereocenters. The van der Waals surface area contributed by atoms with Crippen LogP contribution in [0.4, 0.5) is 22.7 Å². The van der Waals surface area contributed by atoms with E-state index in [4.69, 9.17) is 0 Å². The Bertz CT molecular complexity index is 5320. The molecule has 0 radical (unpaired) electrons. The number of carbonyl (C=O) groups excluding carboxylic acids is 4. The summed E-state index contributed by atoms with van der Waals surface area (Å²) < 4.78 is 0. The minimum Gasteiger partial charge on any atom is -0.354 e. The van der Waals surface area contributed by atoms with E-state index < -0.39 is 5.41 Å². The van der Waals surface area contributed by atoms with E-state index in [9.17, 15) is 19.2 Å². The normalized spacial score (nSPS) is 15.3. The lowest BCUT2D eigenvalue weighted by Gasteiger charge is -2.26. The Morgan fingerprint density at radius 2 is 0.570 bits per heavy atom. The number of H-pyrrole nitrogens is 4. The molecule has 0 saturated heterocycles. The molecule has 12 heteroatoms. The maximum Gasteiger partial charge on any atom is 0.255 e. The van der Waals surface area contributed by atoms with Crippen molar-refractivity contribution < 1.29 is 19.2 Å². The number of aromatic nitrogens is 4. The molecule has 7 heterocycles. The molecule has 12 aromatic rings. The van der Waals surface area contributed by atoms with Gasteiger partial charge in [-0.2, -0.15) is 0 Å². The second-order valence-electron chi connectivity index (χ2n) is 25.9. The fourth-order valence-electron chi connectivity index (χ4n) is 13.8. The fourth-order valence-corrected chi connectivity index (χ4v) is 13.8. The van der Waals surface area contributed by atoms with Crippen LogP contribution in [0.25, 0.3) is 22.3 Å². The summed E-state index contributed by atoms with van der Waals surface area (Å²) in [6.45, 7) is 8.74. The molecule has 4 aromatic heterocycles. The van der Waals surface area contributed by atoms with Crippen LogP contribution in [-0.4, -0.2) is 43.6 Å². The summed E-state index contributed by atoms with van der Waals surface area (Å²) in [4.78, 5) is 75.0. The molecule has 8 N–H and O–H groups in total. The van der Waals surface area contributed by atoms with Crippen molar-refractivity contribution in [3.05, 3.63) is 354 Å². The van der Waals surface area contributed by atoms with E-state index in [1.54, 1.807) is 0 Å². The first-order chi connectivity index (χ1) is 45.1. The number of anilines is 4. The molecule has 3 aliphatic rings. The van der Waals surface area contributed by atoms with Gasteiger partial charge in [0.2, 0.25) is 0 Å². The van der Waals surface area contributed by atoms with E-state index >= 15 is 0 Å². The van der Waals surface area contributed by atoms with E-state index in [0.29, 0.717) is 92.0 Å². The highest BCUT2D eigenvalue weighted by Gasteiger charge is 2.28. The van der Waals surface area contributed by atoms with E-state index in [2.05, 4.69) is 111 Å². The minimum atomic E-state index is -0.440. The lowest BCUT2D eigenvalue weighted by molar-refractivity contribution is 0.101. The van der Waals surface area contributed by atoms with Crippen molar-refractivity contribution in [2.24, 2.45) is 5.41 Å². The molecule has 93 heavy (non-hydrogen) atoms. The first-order valence-electron chi connectivity index (χ1n) is 31.4. The van der Waals surface area contributed by atoms with Crippen molar-refractivity contribution in [2.45, 2.75) is 52.4 Å². The number of aromatic amines is 4. The number of fused-ring (bicyclic) bond motifs is 24. The lowest BCUT2D eigenvalue weighted by Crippen LogP contribution is -2.22. The number of para-hydroxylation sites is 4. The number of carbonyl (C=O) groups is 4. The van der Waals surface area contributed by atoms with Crippen LogP contribution in [0.3, 0.4) is 0 Å². The molecule has 0 fully saturated rings. The van der Waals surface area contributed by atoms with Crippen LogP contribution in [-0.2, 0) is 24.7 Å². The zero-order chi connectivity index (χ0) is 63.5. The van der Waals surface area contributed by atoms with Crippen LogP contribution in [0.2, 0.25) is 0 Å². The third-order valence-electron chi connectivity index (χ3n) is 18.2. The Balaban J connectivity index is 1.02. The summed E-state index contributed by atoms with van der Waals surface area (Å²) in [5.41, 5.74) is 16.5. The van der Waals surface area contributed by atoms with Gasteiger partial charge in [0.15, 0.2) is 0 Å². The average molecular weight is 1220 g/mol. The molecule has 0 aliphatic carbocycles. The molecule has 20 bridgehead atoms. The van der Waals surface area contributed by atoms with Crippen LogP contribution >= 0.6 is 0 Å². The molecule has 3 aliphatic heterocycles. The van der Waals surface area contributed by atoms with Gasteiger partial charge >= 0.3 is 0 Å². The molecule has 454 valence electrons. The van der Waals surface area contributed by atoms with Crippen molar-refractivity contribution in [1.82, 2.24) is 19.9 Å². The average Bonchev–Trinajstić information content (AvgIpc) is 1.78. The van der Waals surface area contributed by atoms with Crippen molar-refractivity contribution in [1.29, 1.82) is 0 Å². The van der Waals surface area contributed by atoms with E-state index in [0.717, 1.165) is 83.2 Å². The number of rotatable bonds is 0. The van der Waals surface area contributed by atoms with Gasteiger partial charge in [0, 0.05) is 134 Å². The Morgan fingerprint density at radius 3 is 0.903 bits per heavy atom. The van der Waals surface area contributed by atoms with Crippen molar-refractivity contribution in [2.75, 3.05) is 21.3 Å². The van der Waals surface area contributed by atoms with Crippen molar-refractivity contribution in [3.8, 4) is 0 Å². The Hall–Kier alpha value is -11.8. The van der Waals surface area contributed by atoms with Crippen LogP contribution in [0, 0.1) is 5.41 Å². The first kappa shape index (κ1) is 57.7.